The minimum atomic E-state index is -0.523. The molecule has 2 aromatic carbocycles. The molecule has 0 radical (unpaired) electrons. The van der Waals surface area contributed by atoms with Crippen molar-refractivity contribution in [2.45, 2.75) is 65.5 Å². The van der Waals surface area contributed by atoms with Crippen LogP contribution < -0.4 is 10.1 Å². The second-order valence-corrected chi connectivity index (χ2v) is 7.49. The van der Waals surface area contributed by atoms with Gasteiger partial charge in [0.1, 0.15) is 5.75 Å². The molecule has 0 aromatic heterocycles. The lowest BCUT2D eigenvalue weighted by molar-refractivity contribution is -0.127. The van der Waals surface area contributed by atoms with Gasteiger partial charge >= 0.3 is 0 Å². The Labute approximate surface area is 156 Å². The summed E-state index contributed by atoms with van der Waals surface area (Å²) in [5.41, 5.74) is 6.36. The topological polar surface area (TPSA) is 38.3 Å². The highest BCUT2D eigenvalue weighted by Gasteiger charge is 2.19. The summed E-state index contributed by atoms with van der Waals surface area (Å²) in [4.78, 5) is 12.6. The molecule has 0 aliphatic heterocycles. The second kappa shape index (κ2) is 7.94. The Hall–Kier alpha value is -2.29. The summed E-state index contributed by atoms with van der Waals surface area (Å²) in [6.45, 7) is 7.98. The number of carbonyl (C=O) groups is 1. The van der Waals surface area contributed by atoms with Crippen LogP contribution in [0.1, 0.15) is 60.5 Å². The van der Waals surface area contributed by atoms with Crippen LogP contribution in [0.5, 0.6) is 5.75 Å². The van der Waals surface area contributed by atoms with E-state index in [9.17, 15) is 4.79 Å². The van der Waals surface area contributed by atoms with Gasteiger partial charge in [0.15, 0.2) is 6.10 Å². The first-order chi connectivity index (χ1) is 12.4. The molecule has 0 bridgehead atoms. The summed E-state index contributed by atoms with van der Waals surface area (Å²) < 4.78 is 5.92. The van der Waals surface area contributed by atoms with E-state index in [0.29, 0.717) is 0 Å². The van der Waals surface area contributed by atoms with E-state index in [1.165, 1.54) is 35.1 Å². The van der Waals surface area contributed by atoms with Gasteiger partial charge in [-0.25, -0.2) is 0 Å². The molecule has 0 unspecified atom stereocenters. The van der Waals surface area contributed by atoms with Crippen LogP contribution in [0.4, 0.5) is 0 Å². The summed E-state index contributed by atoms with van der Waals surface area (Å²) in [5.74, 6) is 0.697. The molecule has 0 saturated carbocycles. The monoisotopic (exact) mass is 351 g/mol. The fourth-order valence-corrected chi connectivity index (χ4v) is 3.76. The largest absolute Gasteiger partial charge is 0.481 e. The van der Waals surface area contributed by atoms with Crippen LogP contribution in [0, 0.1) is 13.8 Å². The Balaban J connectivity index is 1.62. The highest BCUT2D eigenvalue weighted by atomic mass is 16.5. The molecule has 2 aromatic rings. The van der Waals surface area contributed by atoms with E-state index in [1.807, 2.05) is 19.9 Å². The zero-order chi connectivity index (χ0) is 18.7. The molecule has 138 valence electrons. The van der Waals surface area contributed by atoms with Gasteiger partial charge in [-0.1, -0.05) is 29.8 Å². The van der Waals surface area contributed by atoms with Crippen molar-refractivity contribution >= 4 is 5.91 Å². The molecular formula is C23H29NO2. The van der Waals surface area contributed by atoms with E-state index in [0.717, 1.165) is 24.2 Å². The first-order valence-corrected chi connectivity index (χ1v) is 9.60. The number of benzene rings is 2. The number of hydrogen-bond acceptors (Lipinski definition) is 2. The lowest BCUT2D eigenvalue weighted by atomic mass is 9.92. The van der Waals surface area contributed by atoms with Crippen LogP contribution in [-0.4, -0.2) is 12.0 Å². The average molecular weight is 351 g/mol. The fraction of sp³-hybridized carbons (Fsp3) is 0.435. The highest BCUT2D eigenvalue weighted by molar-refractivity contribution is 5.81. The molecule has 3 nitrogen and oxygen atoms in total. The van der Waals surface area contributed by atoms with Gasteiger partial charge < -0.3 is 10.1 Å². The van der Waals surface area contributed by atoms with Gasteiger partial charge in [0.2, 0.25) is 0 Å². The Morgan fingerprint density at radius 1 is 1.00 bits per heavy atom. The predicted molar refractivity (Wildman–Crippen MR) is 106 cm³/mol. The van der Waals surface area contributed by atoms with Gasteiger partial charge in [-0.2, -0.15) is 0 Å². The molecule has 0 spiro atoms. The predicted octanol–water partition coefficient (Wildman–Crippen LogP) is 4.83. The van der Waals surface area contributed by atoms with Gasteiger partial charge in [0.05, 0.1) is 6.04 Å². The van der Waals surface area contributed by atoms with Crippen LogP contribution in [-0.2, 0) is 17.6 Å². The van der Waals surface area contributed by atoms with Crippen molar-refractivity contribution in [1.29, 1.82) is 0 Å². The number of amides is 1. The minimum absolute atomic E-state index is 0.0438. The van der Waals surface area contributed by atoms with Gasteiger partial charge in [-0.15, -0.1) is 0 Å². The summed E-state index contributed by atoms with van der Waals surface area (Å²) in [7, 11) is 0. The van der Waals surface area contributed by atoms with E-state index in [-0.39, 0.29) is 11.9 Å². The summed E-state index contributed by atoms with van der Waals surface area (Å²) in [6, 6.07) is 12.5. The third-order valence-electron chi connectivity index (χ3n) is 5.25. The molecule has 3 rings (SSSR count). The van der Waals surface area contributed by atoms with Crippen molar-refractivity contribution < 1.29 is 9.53 Å². The first-order valence-electron chi connectivity index (χ1n) is 9.60. The zero-order valence-corrected chi connectivity index (χ0v) is 16.3. The van der Waals surface area contributed by atoms with Crippen LogP contribution in [0.2, 0.25) is 0 Å². The van der Waals surface area contributed by atoms with Gasteiger partial charge in [-0.05, 0) is 87.8 Å². The average Bonchev–Trinajstić information content (AvgIpc) is 2.61. The number of aryl methyl sites for hydroxylation is 4. The fourth-order valence-electron chi connectivity index (χ4n) is 3.76. The van der Waals surface area contributed by atoms with Crippen LogP contribution in [0.15, 0.2) is 36.4 Å². The summed E-state index contributed by atoms with van der Waals surface area (Å²) in [5, 5.41) is 3.07. The molecule has 0 heterocycles. The standard InChI is InChI=1S/C23H29NO2/c1-15-9-12-22(16(2)13-15)17(3)24-23(25)18(4)26-21-11-10-19-7-5-6-8-20(19)14-21/h9-14,17-18H,5-8H2,1-4H3,(H,24,25)/t17-,18+/m0/s1. The number of rotatable bonds is 5. The van der Waals surface area contributed by atoms with Gasteiger partial charge in [-0.3, -0.25) is 4.79 Å². The molecule has 1 amide bonds. The molecular weight excluding hydrogens is 322 g/mol. The van der Waals surface area contributed by atoms with Crippen molar-refractivity contribution in [2.24, 2.45) is 0 Å². The van der Waals surface area contributed by atoms with E-state index in [4.69, 9.17) is 4.74 Å². The van der Waals surface area contributed by atoms with Crippen LogP contribution in [0.3, 0.4) is 0 Å². The Morgan fingerprint density at radius 2 is 1.73 bits per heavy atom. The summed E-state index contributed by atoms with van der Waals surface area (Å²) in [6.07, 6.45) is 4.24. The lowest BCUT2D eigenvalue weighted by Crippen LogP contribution is -2.38. The Bertz CT molecular complexity index is 797. The highest BCUT2D eigenvalue weighted by Crippen LogP contribution is 2.26. The Kier molecular flexibility index (Phi) is 5.65. The smallest absolute Gasteiger partial charge is 0.261 e. The first kappa shape index (κ1) is 18.5. The molecule has 2 atom stereocenters. The maximum atomic E-state index is 12.6. The maximum Gasteiger partial charge on any atom is 0.261 e. The van der Waals surface area contributed by atoms with Crippen LogP contribution in [0.25, 0.3) is 0 Å². The SMILES string of the molecule is Cc1ccc([C@H](C)NC(=O)[C@@H](C)Oc2ccc3c(c2)CCCC3)c(C)c1. The van der Waals surface area contributed by atoms with Crippen molar-refractivity contribution in [3.8, 4) is 5.75 Å². The molecule has 26 heavy (non-hydrogen) atoms. The summed E-state index contributed by atoms with van der Waals surface area (Å²) >= 11 is 0. The second-order valence-electron chi connectivity index (χ2n) is 7.49. The van der Waals surface area contributed by atoms with Crippen LogP contribution >= 0.6 is 0 Å². The number of carbonyl (C=O) groups excluding carboxylic acids is 1. The molecule has 0 saturated heterocycles. The van der Waals surface area contributed by atoms with E-state index in [1.54, 1.807) is 0 Å². The minimum Gasteiger partial charge on any atom is -0.481 e. The zero-order valence-electron chi connectivity index (χ0n) is 16.3. The van der Waals surface area contributed by atoms with E-state index in [2.05, 4.69) is 49.5 Å². The molecule has 0 fully saturated rings. The number of hydrogen-bond donors (Lipinski definition) is 1. The quantitative estimate of drug-likeness (QED) is 0.838. The van der Waals surface area contributed by atoms with Crippen molar-refractivity contribution in [1.82, 2.24) is 5.32 Å². The molecule has 1 aliphatic rings. The van der Waals surface area contributed by atoms with Crippen molar-refractivity contribution in [3.63, 3.8) is 0 Å². The number of fused-ring (bicyclic) bond motifs is 1. The number of nitrogens with one attached hydrogen (secondary N) is 1. The lowest BCUT2D eigenvalue weighted by Gasteiger charge is -2.22. The third-order valence-corrected chi connectivity index (χ3v) is 5.25. The number of ether oxygens (including phenoxy) is 1. The third kappa shape index (κ3) is 4.27. The Morgan fingerprint density at radius 3 is 2.46 bits per heavy atom. The van der Waals surface area contributed by atoms with Gasteiger partial charge in [0, 0.05) is 0 Å². The maximum absolute atomic E-state index is 12.6. The van der Waals surface area contributed by atoms with E-state index < -0.39 is 6.10 Å². The normalized spacial score (nSPS) is 15.7. The molecule has 1 N–H and O–H groups in total. The van der Waals surface area contributed by atoms with Crippen molar-refractivity contribution in [3.05, 3.63) is 64.2 Å². The molecule has 3 heteroatoms. The van der Waals surface area contributed by atoms with Gasteiger partial charge in [0.25, 0.3) is 5.91 Å². The van der Waals surface area contributed by atoms with E-state index >= 15 is 0 Å². The molecule has 1 aliphatic carbocycles. The van der Waals surface area contributed by atoms with Crippen molar-refractivity contribution in [2.75, 3.05) is 0 Å².